The van der Waals surface area contributed by atoms with Crippen molar-refractivity contribution in [2.24, 2.45) is 11.3 Å². The van der Waals surface area contributed by atoms with Crippen LogP contribution >= 0.6 is 11.3 Å². The van der Waals surface area contributed by atoms with E-state index in [1.54, 1.807) is 18.3 Å². The van der Waals surface area contributed by atoms with Crippen molar-refractivity contribution in [2.75, 3.05) is 6.54 Å². The van der Waals surface area contributed by atoms with E-state index in [9.17, 15) is 14.7 Å². The maximum Gasteiger partial charge on any atom is 0.311 e. The summed E-state index contributed by atoms with van der Waals surface area (Å²) in [7, 11) is 0. The number of hydrogen-bond acceptors (Lipinski definition) is 3. The summed E-state index contributed by atoms with van der Waals surface area (Å²) in [5, 5.41) is 14.0. The van der Waals surface area contributed by atoms with E-state index in [1.165, 1.54) is 10.4 Å². The van der Waals surface area contributed by atoms with Gasteiger partial charge in [0.05, 0.1) is 11.0 Å². The molecule has 116 valence electrons. The number of rotatable bonds is 5. The normalized spacial score (nSPS) is 20.4. The summed E-state index contributed by atoms with van der Waals surface area (Å²) in [6.07, 6.45) is 3.61. The molecule has 0 radical (unpaired) electrons. The second-order valence-electron chi connectivity index (χ2n) is 6.30. The molecule has 1 aliphatic carbocycles. The average molecular weight is 309 g/mol. The lowest BCUT2D eigenvalue weighted by Crippen LogP contribution is -2.40. The first-order valence-corrected chi connectivity index (χ1v) is 8.36. The van der Waals surface area contributed by atoms with Crippen molar-refractivity contribution in [3.8, 4) is 0 Å². The van der Waals surface area contributed by atoms with Gasteiger partial charge >= 0.3 is 5.97 Å². The fourth-order valence-electron chi connectivity index (χ4n) is 2.59. The third kappa shape index (κ3) is 3.28. The van der Waals surface area contributed by atoms with Crippen molar-refractivity contribution in [2.45, 2.75) is 46.5 Å². The molecule has 21 heavy (non-hydrogen) atoms. The first kappa shape index (κ1) is 16.0. The number of nitrogens with one attached hydrogen (secondary N) is 1. The second-order valence-corrected chi connectivity index (χ2v) is 7.27. The Morgan fingerprint density at radius 3 is 2.86 bits per heavy atom. The van der Waals surface area contributed by atoms with E-state index in [0.29, 0.717) is 12.3 Å². The van der Waals surface area contributed by atoms with Gasteiger partial charge in [-0.15, -0.1) is 11.3 Å². The zero-order valence-corrected chi connectivity index (χ0v) is 13.7. The van der Waals surface area contributed by atoms with E-state index < -0.39 is 11.4 Å². The zero-order valence-electron chi connectivity index (χ0n) is 12.9. The van der Waals surface area contributed by atoms with Crippen LogP contribution in [0.15, 0.2) is 5.38 Å². The minimum Gasteiger partial charge on any atom is -0.481 e. The van der Waals surface area contributed by atoms with E-state index >= 15 is 0 Å². The standard InChI is InChI=1S/C16H23NO3S/c1-4-16(3,15(19)20)9-17-14(18)12-8-21-13-7-10(2)5-6-11(12)13/h8,10H,4-7,9H2,1-3H3,(H,17,18)(H,19,20). The Kier molecular flexibility index (Phi) is 4.71. The van der Waals surface area contributed by atoms with Crippen LogP contribution in [0, 0.1) is 11.3 Å². The smallest absolute Gasteiger partial charge is 0.311 e. The highest BCUT2D eigenvalue weighted by Gasteiger charge is 2.32. The molecular weight excluding hydrogens is 286 g/mol. The number of carbonyl (C=O) groups excluding carboxylic acids is 1. The quantitative estimate of drug-likeness (QED) is 0.878. The van der Waals surface area contributed by atoms with Gasteiger partial charge in [0.15, 0.2) is 0 Å². The molecule has 1 aromatic rings. The first-order valence-electron chi connectivity index (χ1n) is 7.48. The Hall–Kier alpha value is -1.36. The highest BCUT2D eigenvalue weighted by atomic mass is 32.1. The Morgan fingerprint density at radius 1 is 1.52 bits per heavy atom. The summed E-state index contributed by atoms with van der Waals surface area (Å²) in [5.41, 5.74) is 1.01. The lowest BCUT2D eigenvalue weighted by molar-refractivity contribution is -0.147. The van der Waals surface area contributed by atoms with Crippen LogP contribution < -0.4 is 5.32 Å². The SMILES string of the molecule is CCC(C)(CNC(=O)c1csc2c1CCC(C)C2)C(=O)O. The van der Waals surface area contributed by atoms with Gasteiger partial charge < -0.3 is 10.4 Å². The maximum atomic E-state index is 12.3. The minimum atomic E-state index is -0.903. The molecule has 1 amide bonds. The molecular formula is C16H23NO3S. The molecule has 5 heteroatoms. The highest BCUT2D eigenvalue weighted by Crippen LogP contribution is 2.32. The van der Waals surface area contributed by atoms with Crippen molar-refractivity contribution in [1.29, 1.82) is 0 Å². The van der Waals surface area contributed by atoms with Crippen LogP contribution in [0.3, 0.4) is 0 Å². The number of carboxylic acids is 1. The van der Waals surface area contributed by atoms with Crippen LogP contribution in [0.2, 0.25) is 0 Å². The molecule has 2 atom stereocenters. The average Bonchev–Trinajstić information content (AvgIpc) is 2.87. The fraction of sp³-hybridized carbons (Fsp3) is 0.625. The largest absolute Gasteiger partial charge is 0.481 e. The lowest BCUT2D eigenvalue weighted by atomic mass is 9.87. The van der Waals surface area contributed by atoms with E-state index in [1.807, 2.05) is 12.3 Å². The van der Waals surface area contributed by atoms with E-state index in [0.717, 1.165) is 24.8 Å². The number of aliphatic carboxylic acids is 1. The molecule has 0 bridgehead atoms. The lowest BCUT2D eigenvalue weighted by Gasteiger charge is -2.23. The molecule has 1 aliphatic rings. The molecule has 0 saturated heterocycles. The molecule has 0 fully saturated rings. The van der Waals surface area contributed by atoms with Crippen LogP contribution in [0.25, 0.3) is 0 Å². The molecule has 2 N–H and O–H groups in total. The predicted molar refractivity (Wildman–Crippen MR) is 83.9 cm³/mol. The molecule has 0 aliphatic heterocycles. The Labute approximate surface area is 129 Å². The van der Waals surface area contributed by atoms with Crippen LogP contribution in [0.5, 0.6) is 0 Å². The number of amides is 1. The number of fused-ring (bicyclic) bond motifs is 1. The molecule has 2 rings (SSSR count). The Balaban J connectivity index is 2.07. The highest BCUT2D eigenvalue weighted by molar-refractivity contribution is 7.10. The van der Waals surface area contributed by atoms with Crippen LogP contribution in [-0.2, 0) is 17.6 Å². The van der Waals surface area contributed by atoms with E-state index in [4.69, 9.17) is 0 Å². The topological polar surface area (TPSA) is 66.4 Å². The molecule has 0 spiro atoms. The summed E-state index contributed by atoms with van der Waals surface area (Å²) < 4.78 is 0. The summed E-state index contributed by atoms with van der Waals surface area (Å²) in [6, 6.07) is 0. The summed E-state index contributed by atoms with van der Waals surface area (Å²) in [4.78, 5) is 24.9. The van der Waals surface area contributed by atoms with Crippen LogP contribution in [0.4, 0.5) is 0 Å². The maximum absolute atomic E-state index is 12.3. The van der Waals surface area contributed by atoms with E-state index in [2.05, 4.69) is 12.2 Å². The third-order valence-electron chi connectivity index (χ3n) is 4.58. The monoisotopic (exact) mass is 309 g/mol. The van der Waals surface area contributed by atoms with Crippen LogP contribution in [0.1, 0.15) is 54.4 Å². The van der Waals surface area contributed by atoms with Crippen molar-refractivity contribution >= 4 is 23.2 Å². The summed E-state index contributed by atoms with van der Waals surface area (Å²) in [6.45, 7) is 5.90. The predicted octanol–water partition coefficient (Wildman–Crippen LogP) is 3.10. The number of hydrogen-bond donors (Lipinski definition) is 2. The second kappa shape index (κ2) is 6.18. The van der Waals surface area contributed by atoms with Gasteiger partial charge in [0.1, 0.15) is 0 Å². The van der Waals surface area contributed by atoms with E-state index in [-0.39, 0.29) is 12.5 Å². The van der Waals surface area contributed by atoms with Crippen molar-refractivity contribution in [1.82, 2.24) is 5.32 Å². The summed E-state index contributed by atoms with van der Waals surface area (Å²) in [5.74, 6) is -0.322. The molecule has 1 aromatic heterocycles. The van der Waals surface area contributed by atoms with Crippen molar-refractivity contribution in [3.05, 3.63) is 21.4 Å². The van der Waals surface area contributed by atoms with Crippen LogP contribution in [-0.4, -0.2) is 23.5 Å². The van der Waals surface area contributed by atoms with Gasteiger partial charge in [0, 0.05) is 16.8 Å². The summed E-state index contributed by atoms with van der Waals surface area (Å²) >= 11 is 1.65. The number of thiophene rings is 1. The van der Waals surface area contributed by atoms with Crippen molar-refractivity contribution < 1.29 is 14.7 Å². The van der Waals surface area contributed by atoms with Gasteiger partial charge in [-0.25, -0.2) is 0 Å². The zero-order chi connectivity index (χ0) is 15.6. The van der Waals surface area contributed by atoms with Gasteiger partial charge in [-0.1, -0.05) is 13.8 Å². The molecule has 0 saturated carbocycles. The molecule has 0 aromatic carbocycles. The molecule has 4 nitrogen and oxygen atoms in total. The molecule has 1 heterocycles. The van der Waals surface area contributed by atoms with Gasteiger partial charge in [0.25, 0.3) is 5.91 Å². The Bertz CT molecular complexity index is 552. The number of carboxylic acid groups (broad SMARTS) is 1. The van der Waals surface area contributed by atoms with Gasteiger partial charge in [-0.2, -0.15) is 0 Å². The van der Waals surface area contributed by atoms with Gasteiger partial charge in [-0.05, 0) is 44.1 Å². The van der Waals surface area contributed by atoms with Gasteiger partial charge in [-0.3, -0.25) is 9.59 Å². The van der Waals surface area contributed by atoms with Crippen molar-refractivity contribution in [3.63, 3.8) is 0 Å². The minimum absolute atomic E-state index is 0.136. The van der Waals surface area contributed by atoms with Gasteiger partial charge in [0.2, 0.25) is 0 Å². The fourth-order valence-corrected chi connectivity index (χ4v) is 3.83. The number of carbonyl (C=O) groups is 2. The Morgan fingerprint density at radius 2 is 2.24 bits per heavy atom. The molecule has 2 unspecified atom stereocenters. The first-order chi connectivity index (χ1) is 9.87. The third-order valence-corrected chi connectivity index (χ3v) is 5.63.